The molecule has 1 aromatic rings. The molecule has 2 unspecified atom stereocenters. The highest BCUT2D eigenvalue weighted by Gasteiger charge is 2.17. The van der Waals surface area contributed by atoms with Crippen molar-refractivity contribution >= 4 is 11.6 Å². The summed E-state index contributed by atoms with van der Waals surface area (Å²) in [5.41, 5.74) is 7.89. The molecule has 5 nitrogen and oxygen atoms in total. The van der Waals surface area contributed by atoms with E-state index in [1.807, 2.05) is 26.0 Å². The first kappa shape index (κ1) is 17.9. The van der Waals surface area contributed by atoms with E-state index in [2.05, 4.69) is 34.2 Å². The molecule has 0 spiro atoms. The minimum Gasteiger partial charge on any atom is -0.327 e. The van der Waals surface area contributed by atoms with Gasteiger partial charge in [-0.15, -0.1) is 0 Å². The van der Waals surface area contributed by atoms with Gasteiger partial charge in [0.25, 0.3) is 0 Å². The quantitative estimate of drug-likeness (QED) is 0.839. The van der Waals surface area contributed by atoms with Gasteiger partial charge in [-0.3, -0.25) is 9.69 Å². The predicted molar refractivity (Wildman–Crippen MR) is 95.3 cm³/mol. The van der Waals surface area contributed by atoms with Crippen molar-refractivity contribution in [2.45, 2.75) is 33.4 Å². The Labute approximate surface area is 139 Å². The van der Waals surface area contributed by atoms with E-state index >= 15 is 0 Å². The number of rotatable bonds is 6. The van der Waals surface area contributed by atoms with Crippen LogP contribution in [0.15, 0.2) is 24.3 Å². The smallest absolute Gasteiger partial charge is 0.228 e. The van der Waals surface area contributed by atoms with Crippen molar-refractivity contribution in [3.05, 3.63) is 29.8 Å². The molecule has 0 aliphatic carbocycles. The molecule has 1 fully saturated rings. The number of carbonyl (C=O) groups is 1. The Morgan fingerprint density at radius 2 is 1.70 bits per heavy atom. The molecule has 1 aromatic carbocycles. The van der Waals surface area contributed by atoms with Gasteiger partial charge in [0, 0.05) is 44.5 Å². The first-order chi connectivity index (χ1) is 11.0. The Balaban J connectivity index is 1.84. The van der Waals surface area contributed by atoms with Crippen LogP contribution in [0, 0.1) is 5.92 Å². The molecule has 1 amide bonds. The van der Waals surface area contributed by atoms with Gasteiger partial charge in [-0.25, -0.2) is 0 Å². The van der Waals surface area contributed by atoms with Crippen molar-refractivity contribution in [3.8, 4) is 0 Å². The number of hydrogen-bond acceptors (Lipinski definition) is 4. The van der Waals surface area contributed by atoms with Gasteiger partial charge in [0.2, 0.25) is 5.91 Å². The second-order valence-corrected chi connectivity index (χ2v) is 6.54. The molecule has 5 heteroatoms. The Hall–Kier alpha value is -1.43. The first-order valence-electron chi connectivity index (χ1n) is 8.59. The first-order valence-corrected chi connectivity index (χ1v) is 8.59. The van der Waals surface area contributed by atoms with E-state index in [1.54, 1.807) is 0 Å². The summed E-state index contributed by atoms with van der Waals surface area (Å²) in [7, 11) is 0. The predicted octanol–water partition coefficient (Wildman–Crippen LogP) is 1.75. The number of nitrogens with zero attached hydrogens (tertiary/aromatic N) is 2. The van der Waals surface area contributed by atoms with Gasteiger partial charge < -0.3 is 16.0 Å². The lowest BCUT2D eigenvalue weighted by molar-refractivity contribution is -0.119. The van der Waals surface area contributed by atoms with Crippen molar-refractivity contribution in [1.29, 1.82) is 0 Å². The van der Waals surface area contributed by atoms with Crippen molar-refractivity contribution in [1.82, 2.24) is 9.80 Å². The molecule has 3 N–H and O–H groups in total. The minimum absolute atomic E-state index is 0.0246. The molecule has 0 radical (unpaired) electrons. The summed E-state index contributed by atoms with van der Waals surface area (Å²) in [5, 5.41) is 2.93. The van der Waals surface area contributed by atoms with Crippen LogP contribution in [0.25, 0.3) is 0 Å². The third-order valence-corrected chi connectivity index (χ3v) is 4.74. The summed E-state index contributed by atoms with van der Waals surface area (Å²) in [6.45, 7) is 12.6. The van der Waals surface area contributed by atoms with Gasteiger partial charge in [0.15, 0.2) is 0 Å². The normalized spacial score (nSPS) is 19.3. The molecule has 1 heterocycles. The third-order valence-electron chi connectivity index (χ3n) is 4.74. The van der Waals surface area contributed by atoms with Crippen LogP contribution < -0.4 is 11.1 Å². The summed E-state index contributed by atoms with van der Waals surface area (Å²) in [6.07, 6.45) is 0. The van der Waals surface area contributed by atoms with Crippen molar-refractivity contribution in [3.63, 3.8) is 0 Å². The molecule has 2 atom stereocenters. The monoisotopic (exact) mass is 318 g/mol. The fourth-order valence-electron chi connectivity index (χ4n) is 2.71. The highest BCUT2D eigenvalue weighted by atomic mass is 16.1. The average Bonchev–Trinajstić information content (AvgIpc) is 2.56. The van der Waals surface area contributed by atoms with Crippen LogP contribution in [0.1, 0.15) is 26.3 Å². The zero-order chi connectivity index (χ0) is 16.8. The SMILES string of the molecule is CCN1CCN(Cc2ccc(NC(=O)C(C)C(C)N)cc2)CC1. The topological polar surface area (TPSA) is 61.6 Å². The van der Waals surface area contributed by atoms with Crippen LogP contribution in [-0.4, -0.2) is 54.5 Å². The lowest BCUT2D eigenvalue weighted by Crippen LogP contribution is -2.45. The molecule has 1 aliphatic heterocycles. The number of amides is 1. The van der Waals surface area contributed by atoms with Crippen LogP contribution in [-0.2, 0) is 11.3 Å². The van der Waals surface area contributed by atoms with E-state index in [4.69, 9.17) is 5.73 Å². The van der Waals surface area contributed by atoms with Crippen LogP contribution in [0.2, 0.25) is 0 Å². The number of nitrogens with one attached hydrogen (secondary N) is 1. The number of piperazine rings is 1. The van der Waals surface area contributed by atoms with Gasteiger partial charge in [-0.2, -0.15) is 0 Å². The van der Waals surface area contributed by atoms with E-state index in [-0.39, 0.29) is 17.9 Å². The lowest BCUT2D eigenvalue weighted by atomic mass is 10.0. The molecule has 1 aliphatic rings. The van der Waals surface area contributed by atoms with E-state index in [9.17, 15) is 4.79 Å². The second-order valence-electron chi connectivity index (χ2n) is 6.54. The van der Waals surface area contributed by atoms with Crippen LogP contribution in [0.5, 0.6) is 0 Å². The van der Waals surface area contributed by atoms with Gasteiger partial charge >= 0.3 is 0 Å². The maximum atomic E-state index is 12.0. The van der Waals surface area contributed by atoms with E-state index < -0.39 is 0 Å². The molecule has 0 aromatic heterocycles. The number of carbonyl (C=O) groups excluding carboxylic acids is 1. The molecule has 2 rings (SSSR count). The fourth-order valence-corrected chi connectivity index (χ4v) is 2.71. The Morgan fingerprint density at radius 3 is 2.22 bits per heavy atom. The van der Waals surface area contributed by atoms with Crippen molar-refractivity contribution < 1.29 is 4.79 Å². The summed E-state index contributed by atoms with van der Waals surface area (Å²) in [4.78, 5) is 17.0. The highest BCUT2D eigenvalue weighted by Crippen LogP contribution is 2.14. The number of hydrogen-bond donors (Lipinski definition) is 2. The van der Waals surface area contributed by atoms with Gasteiger partial charge in [0.05, 0.1) is 5.92 Å². The average molecular weight is 318 g/mol. The molecular formula is C18H30N4O. The standard InChI is InChI=1S/C18H30N4O/c1-4-21-9-11-22(12-10-21)13-16-5-7-17(8-6-16)20-18(23)14(2)15(3)19/h5-8,14-15H,4,9-13,19H2,1-3H3,(H,20,23). The number of benzene rings is 1. The summed E-state index contributed by atoms with van der Waals surface area (Å²) < 4.78 is 0. The van der Waals surface area contributed by atoms with E-state index in [1.165, 1.54) is 5.56 Å². The van der Waals surface area contributed by atoms with Gasteiger partial charge in [-0.05, 0) is 31.2 Å². The summed E-state index contributed by atoms with van der Waals surface area (Å²) in [5.74, 6) is -0.215. The Morgan fingerprint density at radius 1 is 1.13 bits per heavy atom. The molecule has 1 saturated heterocycles. The van der Waals surface area contributed by atoms with Crippen molar-refractivity contribution in [2.75, 3.05) is 38.0 Å². The number of likely N-dealkylation sites (N-methyl/N-ethyl adjacent to an activating group) is 1. The third kappa shape index (κ3) is 5.30. The summed E-state index contributed by atoms with van der Waals surface area (Å²) >= 11 is 0. The lowest BCUT2D eigenvalue weighted by Gasteiger charge is -2.34. The van der Waals surface area contributed by atoms with Gasteiger partial charge in [-0.1, -0.05) is 26.0 Å². The molecule has 128 valence electrons. The van der Waals surface area contributed by atoms with E-state index in [0.717, 1.165) is 45.0 Å². The zero-order valence-corrected chi connectivity index (χ0v) is 14.6. The Kier molecular flexibility index (Phi) is 6.57. The van der Waals surface area contributed by atoms with Gasteiger partial charge in [0.1, 0.15) is 0 Å². The number of nitrogens with two attached hydrogens (primary N) is 1. The fraction of sp³-hybridized carbons (Fsp3) is 0.611. The van der Waals surface area contributed by atoms with Crippen LogP contribution in [0.3, 0.4) is 0 Å². The highest BCUT2D eigenvalue weighted by molar-refractivity contribution is 5.92. The van der Waals surface area contributed by atoms with E-state index in [0.29, 0.717) is 0 Å². The zero-order valence-electron chi connectivity index (χ0n) is 14.6. The largest absolute Gasteiger partial charge is 0.327 e. The maximum absolute atomic E-state index is 12.0. The molecular weight excluding hydrogens is 288 g/mol. The second kappa shape index (κ2) is 8.43. The molecule has 0 bridgehead atoms. The molecule has 23 heavy (non-hydrogen) atoms. The maximum Gasteiger partial charge on any atom is 0.228 e. The number of anilines is 1. The molecule has 0 saturated carbocycles. The summed E-state index contributed by atoms with van der Waals surface area (Å²) in [6, 6.07) is 8.00. The van der Waals surface area contributed by atoms with Crippen LogP contribution >= 0.6 is 0 Å². The minimum atomic E-state index is -0.190. The van der Waals surface area contributed by atoms with Crippen molar-refractivity contribution in [2.24, 2.45) is 11.7 Å². The Bertz CT molecular complexity index is 492. The van der Waals surface area contributed by atoms with Crippen LogP contribution in [0.4, 0.5) is 5.69 Å².